The largest absolute Gasteiger partial charge is 0.433 e. The smallest absolute Gasteiger partial charge is 0.338 e. The summed E-state index contributed by atoms with van der Waals surface area (Å²) in [4.78, 5) is 11.1. The van der Waals surface area contributed by atoms with Crippen LogP contribution in [0.4, 0.5) is 27.9 Å². The second-order valence-electron chi connectivity index (χ2n) is 5.74. The van der Waals surface area contributed by atoms with Gasteiger partial charge in [-0.25, -0.2) is 18.7 Å². The number of nitrogens with zero attached hydrogens (tertiary/aromatic N) is 4. The number of benzene rings is 1. The molecule has 4 nitrogen and oxygen atoms in total. The Morgan fingerprint density at radius 1 is 1.00 bits per heavy atom. The van der Waals surface area contributed by atoms with Gasteiger partial charge in [0.2, 0.25) is 5.95 Å². The first-order chi connectivity index (χ1) is 11.8. The summed E-state index contributed by atoms with van der Waals surface area (Å²) in [5.41, 5.74) is -0.599. The SMILES string of the molecule is Fc1ccc(CN2CCN(c3nccc(C(F)(F)F)n3)CC2)c(F)c1. The molecule has 0 spiro atoms. The molecule has 134 valence electrons. The van der Waals surface area contributed by atoms with Gasteiger partial charge in [0.05, 0.1) is 0 Å². The summed E-state index contributed by atoms with van der Waals surface area (Å²) in [5.74, 6) is -1.21. The van der Waals surface area contributed by atoms with E-state index in [1.54, 1.807) is 4.90 Å². The number of aromatic nitrogens is 2. The van der Waals surface area contributed by atoms with Crippen LogP contribution < -0.4 is 4.90 Å². The minimum atomic E-state index is -4.51. The third-order valence-corrected chi connectivity index (χ3v) is 4.00. The standard InChI is InChI=1S/C16H15F5N4/c17-12-2-1-11(13(18)9-12)10-24-5-7-25(8-6-24)15-22-4-3-14(23-15)16(19,20)21/h1-4,9H,5-8,10H2. The van der Waals surface area contributed by atoms with E-state index in [4.69, 9.17) is 0 Å². The molecular formula is C16H15F5N4. The third-order valence-electron chi connectivity index (χ3n) is 4.00. The van der Waals surface area contributed by atoms with E-state index in [9.17, 15) is 22.0 Å². The molecule has 1 aromatic carbocycles. The second kappa shape index (κ2) is 6.91. The maximum atomic E-state index is 13.7. The lowest BCUT2D eigenvalue weighted by Crippen LogP contribution is -2.46. The average Bonchev–Trinajstić information content (AvgIpc) is 2.57. The number of rotatable bonds is 3. The van der Waals surface area contributed by atoms with Gasteiger partial charge in [0.15, 0.2) is 0 Å². The van der Waals surface area contributed by atoms with Crippen LogP contribution in [0.3, 0.4) is 0 Å². The molecule has 0 aliphatic carbocycles. The maximum absolute atomic E-state index is 13.7. The lowest BCUT2D eigenvalue weighted by Gasteiger charge is -2.34. The van der Waals surface area contributed by atoms with Gasteiger partial charge in [-0.2, -0.15) is 13.2 Å². The van der Waals surface area contributed by atoms with Crippen molar-refractivity contribution in [3.63, 3.8) is 0 Å². The van der Waals surface area contributed by atoms with Gasteiger partial charge in [-0.1, -0.05) is 6.07 Å². The van der Waals surface area contributed by atoms with Crippen molar-refractivity contribution >= 4 is 5.95 Å². The van der Waals surface area contributed by atoms with E-state index in [-0.39, 0.29) is 5.95 Å². The maximum Gasteiger partial charge on any atom is 0.433 e. The molecule has 1 aromatic heterocycles. The highest BCUT2D eigenvalue weighted by Gasteiger charge is 2.33. The number of hydrogen-bond acceptors (Lipinski definition) is 4. The van der Waals surface area contributed by atoms with E-state index in [1.807, 2.05) is 4.90 Å². The van der Waals surface area contributed by atoms with Crippen LogP contribution in [0.25, 0.3) is 0 Å². The Morgan fingerprint density at radius 2 is 1.72 bits per heavy atom. The highest BCUT2D eigenvalue weighted by atomic mass is 19.4. The molecule has 2 heterocycles. The lowest BCUT2D eigenvalue weighted by molar-refractivity contribution is -0.141. The Labute approximate surface area is 140 Å². The van der Waals surface area contributed by atoms with Crippen LogP contribution in [0.15, 0.2) is 30.5 Å². The number of halogens is 5. The van der Waals surface area contributed by atoms with E-state index in [2.05, 4.69) is 9.97 Å². The van der Waals surface area contributed by atoms with Crippen LogP contribution in [-0.4, -0.2) is 41.0 Å². The van der Waals surface area contributed by atoms with Gasteiger partial charge < -0.3 is 4.90 Å². The van der Waals surface area contributed by atoms with Gasteiger partial charge in [0.1, 0.15) is 17.3 Å². The van der Waals surface area contributed by atoms with Crippen LogP contribution in [0.1, 0.15) is 11.3 Å². The summed E-state index contributed by atoms with van der Waals surface area (Å²) in [7, 11) is 0. The molecule has 1 fully saturated rings. The van der Waals surface area contributed by atoms with Crippen molar-refractivity contribution in [2.24, 2.45) is 0 Å². The molecule has 25 heavy (non-hydrogen) atoms. The zero-order valence-electron chi connectivity index (χ0n) is 13.1. The monoisotopic (exact) mass is 358 g/mol. The number of anilines is 1. The highest BCUT2D eigenvalue weighted by Crippen LogP contribution is 2.28. The Morgan fingerprint density at radius 3 is 2.36 bits per heavy atom. The molecule has 0 amide bonds. The summed E-state index contributed by atoms with van der Waals surface area (Å²) < 4.78 is 64.8. The van der Waals surface area contributed by atoms with E-state index in [0.717, 1.165) is 18.3 Å². The summed E-state index contributed by atoms with van der Waals surface area (Å²) in [5, 5.41) is 0. The Bertz CT molecular complexity index is 742. The van der Waals surface area contributed by atoms with Gasteiger partial charge in [-0.15, -0.1) is 0 Å². The zero-order chi connectivity index (χ0) is 18.0. The molecule has 0 atom stereocenters. The van der Waals surface area contributed by atoms with E-state index in [1.165, 1.54) is 12.1 Å². The summed E-state index contributed by atoms with van der Waals surface area (Å²) in [6.07, 6.45) is -3.43. The Balaban J connectivity index is 1.62. The first-order valence-corrected chi connectivity index (χ1v) is 7.64. The van der Waals surface area contributed by atoms with Crippen molar-refractivity contribution in [2.45, 2.75) is 12.7 Å². The van der Waals surface area contributed by atoms with Gasteiger partial charge in [0, 0.05) is 50.6 Å². The van der Waals surface area contributed by atoms with Crippen molar-refractivity contribution < 1.29 is 22.0 Å². The molecule has 0 unspecified atom stereocenters. The minimum Gasteiger partial charge on any atom is -0.338 e. The number of hydrogen-bond donors (Lipinski definition) is 0. The normalized spacial score (nSPS) is 16.3. The number of piperazine rings is 1. The third kappa shape index (κ3) is 4.22. The predicted molar refractivity (Wildman–Crippen MR) is 80.9 cm³/mol. The van der Waals surface area contributed by atoms with Gasteiger partial charge in [0.25, 0.3) is 0 Å². The molecule has 1 aliphatic heterocycles. The second-order valence-corrected chi connectivity index (χ2v) is 5.74. The summed E-state index contributed by atoms with van der Waals surface area (Å²) >= 11 is 0. The van der Waals surface area contributed by atoms with Crippen LogP contribution in [0.5, 0.6) is 0 Å². The fourth-order valence-corrected chi connectivity index (χ4v) is 2.66. The zero-order valence-corrected chi connectivity index (χ0v) is 13.1. The van der Waals surface area contributed by atoms with E-state index < -0.39 is 23.5 Å². The van der Waals surface area contributed by atoms with Crippen molar-refractivity contribution in [1.29, 1.82) is 0 Å². The fraction of sp³-hybridized carbons (Fsp3) is 0.375. The summed E-state index contributed by atoms with van der Waals surface area (Å²) in [6, 6.07) is 4.26. The molecule has 0 bridgehead atoms. The van der Waals surface area contributed by atoms with Crippen molar-refractivity contribution in [2.75, 3.05) is 31.1 Å². The predicted octanol–water partition coefficient (Wildman–Crippen LogP) is 3.10. The average molecular weight is 358 g/mol. The van der Waals surface area contributed by atoms with Gasteiger partial charge in [-0.05, 0) is 12.1 Å². The molecular weight excluding hydrogens is 343 g/mol. The molecule has 9 heteroatoms. The fourth-order valence-electron chi connectivity index (χ4n) is 2.66. The van der Waals surface area contributed by atoms with E-state index in [0.29, 0.717) is 38.3 Å². The molecule has 1 saturated heterocycles. The van der Waals surface area contributed by atoms with Crippen LogP contribution in [-0.2, 0) is 12.7 Å². The molecule has 2 aromatic rings. The molecule has 0 saturated carbocycles. The van der Waals surface area contributed by atoms with Crippen molar-refractivity contribution in [3.05, 3.63) is 53.4 Å². The quantitative estimate of drug-likeness (QED) is 0.790. The number of alkyl halides is 3. The lowest BCUT2D eigenvalue weighted by atomic mass is 10.2. The molecule has 0 N–H and O–H groups in total. The van der Waals surface area contributed by atoms with Gasteiger partial charge in [-0.3, -0.25) is 4.90 Å². The highest BCUT2D eigenvalue weighted by molar-refractivity contribution is 5.32. The molecule has 0 radical (unpaired) electrons. The Hall–Kier alpha value is -2.29. The minimum absolute atomic E-state index is 0.0300. The molecule has 1 aliphatic rings. The van der Waals surface area contributed by atoms with Crippen LogP contribution >= 0.6 is 0 Å². The Kier molecular flexibility index (Phi) is 4.85. The van der Waals surface area contributed by atoms with Gasteiger partial charge >= 0.3 is 6.18 Å². The summed E-state index contributed by atoms with van der Waals surface area (Å²) in [6.45, 7) is 2.17. The topological polar surface area (TPSA) is 32.3 Å². The first kappa shape index (κ1) is 17.5. The van der Waals surface area contributed by atoms with E-state index >= 15 is 0 Å². The van der Waals surface area contributed by atoms with Crippen molar-refractivity contribution in [1.82, 2.24) is 14.9 Å². The first-order valence-electron chi connectivity index (χ1n) is 7.64. The van der Waals surface area contributed by atoms with Crippen molar-refractivity contribution in [3.8, 4) is 0 Å². The molecule has 3 rings (SSSR count). The van der Waals surface area contributed by atoms with Crippen LogP contribution in [0, 0.1) is 11.6 Å². The van der Waals surface area contributed by atoms with Crippen LogP contribution in [0.2, 0.25) is 0 Å².